The molecular weight excluding hydrogens is 496 g/mol. The van der Waals surface area contributed by atoms with Crippen molar-refractivity contribution < 1.29 is 27.7 Å². The predicted octanol–water partition coefficient (Wildman–Crippen LogP) is 3.41. The predicted molar refractivity (Wildman–Crippen MR) is 134 cm³/mol. The first kappa shape index (κ1) is 26.1. The van der Waals surface area contributed by atoms with Crippen LogP contribution < -0.4 is 10.2 Å². The average molecular weight is 533 g/mol. The van der Waals surface area contributed by atoms with Crippen LogP contribution in [0.15, 0.2) is 33.7 Å². The summed E-state index contributed by atoms with van der Waals surface area (Å²) in [5.74, 6) is 1.52. The second kappa shape index (κ2) is 11.1. The molecule has 11 heteroatoms. The van der Waals surface area contributed by atoms with Crippen LogP contribution in [-0.2, 0) is 21.1 Å². The van der Waals surface area contributed by atoms with Crippen molar-refractivity contribution in [3.05, 3.63) is 36.0 Å². The number of amides is 1. The molecule has 0 radical (unpaired) electrons. The van der Waals surface area contributed by atoms with Crippen LogP contribution in [0, 0.1) is 0 Å². The molecule has 3 fully saturated rings. The van der Waals surface area contributed by atoms with E-state index in [9.17, 15) is 18.4 Å². The van der Waals surface area contributed by atoms with Crippen molar-refractivity contribution in [3.8, 4) is 5.75 Å². The van der Waals surface area contributed by atoms with Gasteiger partial charge in [0.15, 0.2) is 20.4 Å². The summed E-state index contributed by atoms with van der Waals surface area (Å²) in [6.07, 6.45) is 9.79. The second-order valence-electron chi connectivity index (χ2n) is 10.5. The van der Waals surface area contributed by atoms with E-state index in [-0.39, 0.29) is 17.7 Å². The maximum atomic E-state index is 13.6. The van der Waals surface area contributed by atoms with Crippen molar-refractivity contribution >= 4 is 15.7 Å². The highest BCUT2D eigenvalue weighted by molar-refractivity contribution is 7.93. The first-order valence-corrected chi connectivity index (χ1v) is 14.9. The van der Waals surface area contributed by atoms with Crippen LogP contribution in [0.3, 0.4) is 0 Å². The summed E-state index contributed by atoms with van der Waals surface area (Å²) in [7, 11) is -4.03. The third-order valence-corrected chi connectivity index (χ3v) is 10.6. The number of aromatic nitrogens is 2. The zero-order valence-electron chi connectivity index (χ0n) is 21.1. The molecule has 1 aromatic carbocycles. The molecule has 10 nitrogen and oxygen atoms in total. The number of nitrogens with one attached hydrogen (secondary N) is 1. The molecule has 0 unspecified atom stereocenters. The molecule has 5 rings (SSSR count). The van der Waals surface area contributed by atoms with Gasteiger partial charge in [-0.1, -0.05) is 24.4 Å². The molecule has 3 aliphatic rings. The summed E-state index contributed by atoms with van der Waals surface area (Å²) in [5, 5.41) is 13.5. The van der Waals surface area contributed by atoms with Crippen LogP contribution >= 0.6 is 0 Å². The highest BCUT2D eigenvalue weighted by atomic mass is 32.2. The molecule has 0 atom stereocenters. The fourth-order valence-corrected chi connectivity index (χ4v) is 7.62. The Morgan fingerprint density at radius 1 is 1.11 bits per heavy atom. The fourth-order valence-electron chi connectivity index (χ4n) is 5.66. The Labute approximate surface area is 217 Å². The highest BCUT2D eigenvalue weighted by Crippen LogP contribution is 2.39. The van der Waals surface area contributed by atoms with Gasteiger partial charge in [0.25, 0.3) is 5.91 Å². The lowest BCUT2D eigenvalue weighted by Gasteiger charge is -2.39. The minimum absolute atomic E-state index is 0.0458. The second-order valence-corrected chi connectivity index (χ2v) is 12.8. The van der Waals surface area contributed by atoms with Gasteiger partial charge in [-0.25, -0.2) is 13.9 Å². The Morgan fingerprint density at radius 2 is 1.81 bits per heavy atom. The summed E-state index contributed by atoms with van der Waals surface area (Å²) in [5.41, 5.74) is 1.61. The van der Waals surface area contributed by atoms with Crippen molar-refractivity contribution in [2.45, 2.75) is 92.2 Å². The number of hydrogen-bond acceptors (Lipinski definition) is 9. The summed E-state index contributed by atoms with van der Waals surface area (Å²) >= 11 is 0. The Kier molecular flexibility index (Phi) is 7.83. The van der Waals surface area contributed by atoms with E-state index >= 15 is 0 Å². The molecule has 0 bridgehead atoms. The molecule has 0 spiro atoms. The number of piperidine rings is 1. The highest BCUT2D eigenvalue weighted by Gasteiger charge is 2.54. The SMILES string of the molecule is O=C(NO)C1(S(=O)(=O)c2ccc(OCCCc3nc(C4CCCCC4)no3)cc2)CCN(C2CC2)CC1. The monoisotopic (exact) mass is 532 g/mol. The third-order valence-electron chi connectivity index (χ3n) is 8.09. The van der Waals surface area contributed by atoms with Gasteiger partial charge in [-0.15, -0.1) is 0 Å². The summed E-state index contributed by atoms with van der Waals surface area (Å²) in [6, 6.07) is 6.64. The van der Waals surface area contributed by atoms with Gasteiger partial charge < -0.3 is 14.2 Å². The first-order chi connectivity index (χ1) is 17.9. The normalized spacial score (nSPS) is 21.0. The van der Waals surface area contributed by atoms with E-state index in [1.165, 1.54) is 31.4 Å². The van der Waals surface area contributed by atoms with Gasteiger partial charge in [-0.05, 0) is 69.2 Å². The molecule has 1 amide bonds. The van der Waals surface area contributed by atoms with Gasteiger partial charge in [0, 0.05) is 31.5 Å². The Morgan fingerprint density at radius 3 is 2.46 bits per heavy atom. The van der Waals surface area contributed by atoms with E-state index in [1.54, 1.807) is 17.6 Å². The maximum absolute atomic E-state index is 13.6. The quantitative estimate of drug-likeness (QED) is 0.268. The van der Waals surface area contributed by atoms with Crippen molar-refractivity contribution in [2.24, 2.45) is 0 Å². The zero-order valence-corrected chi connectivity index (χ0v) is 21.9. The van der Waals surface area contributed by atoms with E-state index in [4.69, 9.17) is 9.26 Å². The largest absolute Gasteiger partial charge is 0.494 e. The lowest BCUT2D eigenvalue weighted by atomic mass is 9.89. The van der Waals surface area contributed by atoms with Crippen LogP contribution in [0.4, 0.5) is 0 Å². The van der Waals surface area contributed by atoms with E-state index in [0.717, 1.165) is 31.5 Å². The number of ether oxygens (including phenoxy) is 1. The standard InChI is InChI=1S/C26H36N4O6S/c31-25(28-32)26(14-16-30(17-15-26)20-8-9-20)37(33,34)22-12-10-21(11-13-22)35-18-4-7-23-27-24(29-36-23)19-5-2-1-3-6-19/h10-13,19-20,32H,1-9,14-18H2,(H,28,31). The topological polar surface area (TPSA) is 135 Å². The number of carbonyl (C=O) groups is 1. The van der Waals surface area contributed by atoms with Crippen molar-refractivity contribution in [1.29, 1.82) is 0 Å². The van der Waals surface area contributed by atoms with Crippen LogP contribution in [-0.4, -0.2) is 65.1 Å². The molecule has 1 aliphatic heterocycles. The maximum Gasteiger partial charge on any atom is 0.265 e. The number of hydroxylamine groups is 1. The summed E-state index contributed by atoms with van der Waals surface area (Å²) in [6.45, 7) is 1.45. The molecule has 202 valence electrons. The number of likely N-dealkylation sites (tertiary alicyclic amines) is 1. The number of aryl methyl sites for hydroxylation is 1. The van der Waals surface area contributed by atoms with Crippen molar-refractivity contribution in [3.63, 3.8) is 0 Å². The molecule has 2 saturated carbocycles. The summed E-state index contributed by atoms with van der Waals surface area (Å²) < 4.78 is 36.7. The fraction of sp³-hybridized carbons (Fsp3) is 0.654. The Bertz CT molecular complexity index is 1160. The van der Waals surface area contributed by atoms with Gasteiger partial charge in [-0.2, -0.15) is 4.98 Å². The van der Waals surface area contributed by atoms with Crippen LogP contribution in [0.25, 0.3) is 0 Å². The lowest BCUT2D eigenvalue weighted by Crippen LogP contribution is -2.58. The van der Waals surface area contributed by atoms with E-state index in [0.29, 0.717) is 56.1 Å². The van der Waals surface area contributed by atoms with Gasteiger partial charge in [0.05, 0.1) is 11.5 Å². The van der Waals surface area contributed by atoms with Crippen molar-refractivity contribution in [2.75, 3.05) is 19.7 Å². The van der Waals surface area contributed by atoms with Gasteiger partial charge in [0.1, 0.15) is 5.75 Å². The number of benzene rings is 1. The number of hydrogen-bond donors (Lipinski definition) is 2. The molecule has 1 aromatic heterocycles. The van der Waals surface area contributed by atoms with E-state index < -0.39 is 20.5 Å². The third kappa shape index (κ3) is 5.53. The Hall–Kier alpha value is -2.50. The number of rotatable bonds is 10. The number of nitrogens with zero attached hydrogens (tertiary/aromatic N) is 3. The van der Waals surface area contributed by atoms with Crippen LogP contribution in [0.2, 0.25) is 0 Å². The van der Waals surface area contributed by atoms with Gasteiger partial charge >= 0.3 is 0 Å². The zero-order chi connectivity index (χ0) is 25.9. The number of sulfone groups is 1. The van der Waals surface area contributed by atoms with Crippen LogP contribution in [0.1, 0.15) is 81.8 Å². The molecular formula is C26H36N4O6S. The molecule has 2 aliphatic carbocycles. The molecule has 37 heavy (non-hydrogen) atoms. The molecule has 2 heterocycles. The lowest BCUT2D eigenvalue weighted by molar-refractivity contribution is -0.133. The summed E-state index contributed by atoms with van der Waals surface area (Å²) in [4.78, 5) is 19.5. The van der Waals surface area contributed by atoms with E-state index in [2.05, 4.69) is 15.0 Å². The number of carbonyl (C=O) groups excluding carboxylic acids is 1. The van der Waals surface area contributed by atoms with Gasteiger partial charge in [0.2, 0.25) is 5.89 Å². The Balaban J connectivity index is 1.16. The minimum atomic E-state index is -4.03. The molecule has 1 saturated heterocycles. The van der Waals surface area contributed by atoms with Gasteiger partial charge in [-0.3, -0.25) is 10.0 Å². The molecule has 2 N–H and O–H groups in total. The van der Waals surface area contributed by atoms with E-state index in [1.807, 2.05) is 0 Å². The smallest absolute Gasteiger partial charge is 0.265 e. The first-order valence-electron chi connectivity index (χ1n) is 13.4. The van der Waals surface area contributed by atoms with Crippen molar-refractivity contribution in [1.82, 2.24) is 20.5 Å². The minimum Gasteiger partial charge on any atom is -0.494 e. The van der Waals surface area contributed by atoms with Crippen LogP contribution in [0.5, 0.6) is 5.75 Å². The average Bonchev–Trinajstić information content (AvgIpc) is 3.68. The molecule has 2 aromatic rings.